The van der Waals surface area contributed by atoms with E-state index in [2.05, 4.69) is 16.0 Å². The lowest BCUT2D eigenvalue weighted by atomic mass is 9.72. The van der Waals surface area contributed by atoms with Crippen LogP contribution in [0.4, 0.5) is 0 Å². The van der Waals surface area contributed by atoms with Crippen molar-refractivity contribution < 1.29 is 49.2 Å². The quantitative estimate of drug-likeness (QED) is 0.0814. The van der Waals surface area contributed by atoms with E-state index in [-0.39, 0.29) is 12.3 Å². The molecule has 4 unspecified atom stereocenters. The lowest BCUT2D eigenvalue weighted by molar-refractivity contribution is -0.181. The van der Waals surface area contributed by atoms with Crippen molar-refractivity contribution in [1.29, 1.82) is 0 Å². The van der Waals surface area contributed by atoms with Crippen molar-refractivity contribution in [3.63, 3.8) is 0 Å². The number of hydrogen-bond acceptors (Lipinski definition) is 12. The van der Waals surface area contributed by atoms with Crippen LogP contribution in [0.25, 0.3) is 0 Å². The summed E-state index contributed by atoms with van der Waals surface area (Å²) in [6, 6.07) is -3.27. The maximum Gasteiger partial charge on any atom is 0.344 e. The maximum atomic E-state index is 13.7. The van der Waals surface area contributed by atoms with E-state index in [0.717, 1.165) is 6.92 Å². The summed E-state index contributed by atoms with van der Waals surface area (Å²) in [7, 11) is 4.17. The highest BCUT2D eigenvalue weighted by Gasteiger charge is 2.61. The first kappa shape index (κ1) is 37.6. The zero-order valence-electron chi connectivity index (χ0n) is 24.8. The van der Waals surface area contributed by atoms with E-state index in [4.69, 9.17) is 0 Å². The van der Waals surface area contributed by atoms with Crippen LogP contribution in [-0.4, -0.2) is 111 Å². The molecule has 0 amide bonds. The third-order valence-electron chi connectivity index (χ3n) is 7.62. The monoisotopic (exact) mass is 573 g/mol. The van der Waals surface area contributed by atoms with Gasteiger partial charge in [-0.3, -0.25) is 24.0 Å². The number of hydrogen-bond donors (Lipinski definition) is 7. The minimum atomic E-state index is -3.60. The molecule has 7 atom stereocenters. The number of ketones is 5. The standard InChI is InChI=1S/C27H47N3O10/c1-9-11-12-17(29-7)21(33)26(39,23(35)27(40,24(36)37)13-18(31)16(4)28-6)14-19(32)25(5,38)22(34)20(30-8)15(3)10-2/h15-17,20,28-30,38-40H,9-14H2,1-8H3,(H,36,37)/t15?,16-,17-,20-,25?,26?,27?/m0/s1. The largest absolute Gasteiger partial charge is 0.479 e. The number of carboxylic acids is 1. The van der Waals surface area contributed by atoms with Crippen molar-refractivity contribution in [2.75, 3.05) is 21.1 Å². The van der Waals surface area contributed by atoms with Crippen LogP contribution < -0.4 is 16.0 Å². The minimum absolute atomic E-state index is 0.0714. The van der Waals surface area contributed by atoms with E-state index in [9.17, 15) is 49.2 Å². The van der Waals surface area contributed by atoms with Crippen molar-refractivity contribution in [1.82, 2.24) is 16.0 Å². The molecule has 0 saturated heterocycles. The maximum absolute atomic E-state index is 13.7. The van der Waals surface area contributed by atoms with E-state index >= 15 is 0 Å². The van der Waals surface area contributed by atoms with Gasteiger partial charge in [0, 0.05) is 0 Å². The van der Waals surface area contributed by atoms with Gasteiger partial charge in [-0.1, -0.05) is 40.0 Å². The number of aliphatic hydroxyl groups is 3. The van der Waals surface area contributed by atoms with Gasteiger partial charge < -0.3 is 36.4 Å². The second-order valence-electron chi connectivity index (χ2n) is 10.5. The summed E-state index contributed by atoms with van der Waals surface area (Å²) in [4.78, 5) is 78.4. The zero-order chi connectivity index (χ0) is 31.6. The number of aliphatic carboxylic acids is 1. The fourth-order valence-corrected chi connectivity index (χ4v) is 4.30. The molecule has 0 saturated carbocycles. The van der Waals surface area contributed by atoms with Crippen LogP contribution in [0.5, 0.6) is 0 Å². The molecule has 13 heteroatoms. The predicted octanol–water partition coefficient (Wildman–Crippen LogP) is -1.07. The summed E-state index contributed by atoms with van der Waals surface area (Å²) < 4.78 is 0. The number of unbranched alkanes of at least 4 members (excludes halogenated alkanes) is 1. The molecular weight excluding hydrogens is 526 g/mol. The summed E-state index contributed by atoms with van der Waals surface area (Å²) in [6.45, 7) is 7.49. The fourth-order valence-electron chi connectivity index (χ4n) is 4.30. The summed E-state index contributed by atoms with van der Waals surface area (Å²) in [6.07, 6.45) is -1.23. The Morgan fingerprint density at radius 2 is 1.35 bits per heavy atom. The van der Waals surface area contributed by atoms with Crippen LogP contribution in [-0.2, 0) is 28.8 Å². The molecule has 0 aromatic carbocycles. The number of Topliss-reactive ketones (excluding diaryl/α,β-unsaturated/α-hetero) is 5. The first-order valence-corrected chi connectivity index (χ1v) is 13.5. The number of likely N-dealkylation sites (N-methyl/N-ethyl adjacent to an activating group) is 3. The van der Waals surface area contributed by atoms with Gasteiger partial charge in [-0.25, -0.2) is 4.79 Å². The van der Waals surface area contributed by atoms with Gasteiger partial charge in [0.1, 0.15) is 0 Å². The van der Waals surface area contributed by atoms with E-state index in [1.807, 2.05) is 6.92 Å². The van der Waals surface area contributed by atoms with Gasteiger partial charge >= 0.3 is 5.97 Å². The molecule has 0 spiro atoms. The van der Waals surface area contributed by atoms with E-state index in [1.165, 1.54) is 28.1 Å². The van der Waals surface area contributed by atoms with Crippen molar-refractivity contribution in [2.24, 2.45) is 5.92 Å². The Kier molecular flexibility index (Phi) is 14.6. The molecular formula is C27H47N3O10. The lowest BCUT2D eigenvalue weighted by Crippen LogP contribution is -2.66. The van der Waals surface area contributed by atoms with Crippen LogP contribution in [0.1, 0.15) is 73.1 Å². The van der Waals surface area contributed by atoms with Gasteiger partial charge in [-0.05, 0) is 47.3 Å². The van der Waals surface area contributed by atoms with Gasteiger partial charge in [0.2, 0.25) is 11.4 Å². The molecule has 0 rings (SSSR count). The molecule has 0 aromatic heterocycles. The molecule has 0 aliphatic rings. The average molecular weight is 574 g/mol. The SMILES string of the molecule is CCCC[C@H](NC)C(=O)C(O)(CC(=O)C(C)(O)C(=O)[C@@H](NC)C(C)CC)C(=O)C(O)(CC(=O)[C@H](C)NC)C(=O)O. The highest BCUT2D eigenvalue weighted by atomic mass is 16.4. The van der Waals surface area contributed by atoms with E-state index in [1.54, 1.807) is 13.8 Å². The van der Waals surface area contributed by atoms with Gasteiger partial charge in [0.15, 0.2) is 34.3 Å². The van der Waals surface area contributed by atoms with Gasteiger partial charge in [-0.15, -0.1) is 0 Å². The average Bonchev–Trinajstić information content (AvgIpc) is 2.91. The molecule has 0 aromatic rings. The highest BCUT2D eigenvalue weighted by Crippen LogP contribution is 2.30. The lowest BCUT2D eigenvalue weighted by Gasteiger charge is -2.36. The second kappa shape index (κ2) is 15.5. The summed E-state index contributed by atoms with van der Waals surface area (Å²) in [5.74, 6) is -9.28. The third-order valence-corrected chi connectivity index (χ3v) is 7.62. The minimum Gasteiger partial charge on any atom is -0.479 e. The molecule has 230 valence electrons. The first-order valence-electron chi connectivity index (χ1n) is 13.5. The van der Waals surface area contributed by atoms with Crippen LogP contribution >= 0.6 is 0 Å². The number of carboxylic acid groups (broad SMARTS) is 1. The van der Waals surface area contributed by atoms with Gasteiger partial charge in [0.05, 0.1) is 31.0 Å². The van der Waals surface area contributed by atoms with Crippen molar-refractivity contribution in [3.8, 4) is 0 Å². The molecule has 13 nitrogen and oxygen atoms in total. The van der Waals surface area contributed by atoms with Crippen LogP contribution in [0.3, 0.4) is 0 Å². The van der Waals surface area contributed by atoms with Gasteiger partial charge in [-0.2, -0.15) is 0 Å². The predicted molar refractivity (Wildman–Crippen MR) is 146 cm³/mol. The number of carbonyl (C=O) groups is 6. The molecule has 7 N–H and O–H groups in total. The van der Waals surface area contributed by atoms with E-state index < -0.39 is 82.7 Å². The number of carbonyl (C=O) groups excluding carboxylic acids is 5. The molecule has 0 aliphatic heterocycles. The molecule has 40 heavy (non-hydrogen) atoms. The molecule has 0 heterocycles. The van der Waals surface area contributed by atoms with Crippen molar-refractivity contribution in [2.45, 2.75) is 108 Å². The summed E-state index contributed by atoms with van der Waals surface area (Å²) >= 11 is 0. The Labute approximate surface area is 235 Å². The van der Waals surface area contributed by atoms with Crippen LogP contribution in [0.2, 0.25) is 0 Å². The van der Waals surface area contributed by atoms with Gasteiger partial charge in [0.25, 0.3) is 0 Å². The molecule has 0 radical (unpaired) electrons. The normalized spacial score (nSPS) is 19.2. The Hall–Kier alpha value is -2.42. The van der Waals surface area contributed by atoms with E-state index in [0.29, 0.717) is 19.3 Å². The Balaban J connectivity index is 6.91. The number of rotatable bonds is 21. The Morgan fingerprint density at radius 3 is 1.75 bits per heavy atom. The fraction of sp³-hybridized carbons (Fsp3) is 0.778. The smallest absolute Gasteiger partial charge is 0.344 e. The second-order valence-corrected chi connectivity index (χ2v) is 10.5. The first-order chi connectivity index (χ1) is 18.4. The zero-order valence-corrected chi connectivity index (χ0v) is 24.8. The van der Waals surface area contributed by atoms with Crippen LogP contribution in [0.15, 0.2) is 0 Å². The highest BCUT2D eigenvalue weighted by molar-refractivity contribution is 6.25. The number of nitrogens with one attached hydrogen (secondary N) is 3. The molecule has 0 bridgehead atoms. The summed E-state index contributed by atoms with van der Waals surface area (Å²) in [5, 5.41) is 51.2. The summed E-state index contributed by atoms with van der Waals surface area (Å²) in [5.41, 5.74) is -9.91. The third kappa shape index (κ3) is 8.30. The Morgan fingerprint density at radius 1 is 0.800 bits per heavy atom. The van der Waals surface area contributed by atoms with Crippen LogP contribution in [0, 0.1) is 5.92 Å². The molecule has 0 aliphatic carbocycles. The Bertz CT molecular complexity index is 953. The topological polar surface area (TPSA) is 219 Å². The van der Waals surface area contributed by atoms with Crippen molar-refractivity contribution in [3.05, 3.63) is 0 Å². The molecule has 0 fully saturated rings. The van der Waals surface area contributed by atoms with Crippen molar-refractivity contribution >= 4 is 34.9 Å².